The topological polar surface area (TPSA) is 20.2 Å². The molecule has 0 fully saturated rings. The highest BCUT2D eigenvalue weighted by atomic mass is 16.3. The van der Waals surface area contributed by atoms with Crippen LogP contribution in [-0.2, 0) is 6.42 Å². The fourth-order valence-corrected chi connectivity index (χ4v) is 7.14. The zero-order valence-corrected chi connectivity index (χ0v) is 24.1. The van der Waals surface area contributed by atoms with E-state index in [0.717, 1.165) is 17.2 Å². The van der Waals surface area contributed by atoms with Crippen molar-refractivity contribution in [2.45, 2.75) is 6.42 Å². The Kier molecular flexibility index (Phi) is 5.48. The number of aromatic hydroxyl groups is 1. The quantitative estimate of drug-likeness (QED) is 0.228. The van der Waals surface area contributed by atoms with Crippen LogP contribution in [0.3, 0.4) is 0 Å². The number of hydrogen-bond acceptors (Lipinski definition) is 1. The molecule has 0 unspecified atom stereocenters. The molecule has 1 heteroatoms. The third-order valence-corrected chi connectivity index (χ3v) is 9.33. The van der Waals surface area contributed by atoms with Crippen molar-refractivity contribution in [3.63, 3.8) is 0 Å². The van der Waals surface area contributed by atoms with Gasteiger partial charge in [-0.15, -0.1) is 0 Å². The number of phenols is 1. The second kappa shape index (κ2) is 9.69. The molecule has 0 bridgehead atoms. The molecule has 0 atom stereocenters. The normalized spacial score (nSPS) is 12.1. The van der Waals surface area contributed by atoms with Crippen molar-refractivity contribution >= 4 is 32.3 Å². The lowest BCUT2D eigenvalue weighted by Crippen LogP contribution is -1.93. The molecule has 8 aromatic rings. The van der Waals surface area contributed by atoms with Crippen LogP contribution in [0, 0.1) is 0 Å². The molecule has 0 radical (unpaired) electrons. The Bertz CT molecular complexity index is 2430. The lowest BCUT2D eigenvalue weighted by molar-refractivity contribution is 0.476. The van der Waals surface area contributed by atoms with Gasteiger partial charge >= 0.3 is 0 Å². The van der Waals surface area contributed by atoms with E-state index < -0.39 is 0 Å². The summed E-state index contributed by atoms with van der Waals surface area (Å²) in [5.74, 6) is 0.292. The summed E-state index contributed by atoms with van der Waals surface area (Å²) in [5.41, 5.74) is 12.8. The molecule has 1 aliphatic rings. The molecular formula is C43H28O. The van der Waals surface area contributed by atoms with Crippen LogP contribution < -0.4 is 0 Å². The smallest absolute Gasteiger partial charge is 0.116 e. The van der Waals surface area contributed by atoms with E-state index in [1.54, 1.807) is 6.07 Å². The minimum absolute atomic E-state index is 0.292. The largest absolute Gasteiger partial charge is 0.508 e. The van der Waals surface area contributed by atoms with Crippen LogP contribution >= 0.6 is 0 Å². The number of phenolic OH excluding ortho intramolecular Hbond substituents is 1. The first-order valence-electron chi connectivity index (χ1n) is 15.2. The van der Waals surface area contributed by atoms with Gasteiger partial charge in [0.2, 0.25) is 0 Å². The Balaban J connectivity index is 1.22. The Labute approximate surface area is 256 Å². The van der Waals surface area contributed by atoms with E-state index in [2.05, 4.69) is 133 Å². The SMILES string of the molecule is Oc1ccc2cc(-c3c(-c4ccc5ccccc5c4)ccc4c3Cc3cc(-c5ccc6ccccc6c5)ccc3-4)ccc2c1. The average molecular weight is 561 g/mol. The van der Waals surface area contributed by atoms with Gasteiger partial charge in [0, 0.05) is 0 Å². The Morgan fingerprint density at radius 1 is 0.364 bits per heavy atom. The van der Waals surface area contributed by atoms with Crippen molar-refractivity contribution < 1.29 is 5.11 Å². The lowest BCUT2D eigenvalue weighted by atomic mass is 9.86. The van der Waals surface area contributed by atoms with E-state index in [4.69, 9.17) is 0 Å². The van der Waals surface area contributed by atoms with Gasteiger partial charge in [0.1, 0.15) is 5.75 Å². The van der Waals surface area contributed by atoms with Gasteiger partial charge in [-0.2, -0.15) is 0 Å². The van der Waals surface area contributed by atoms with Gasteiger partial charge in [0.25, 0.3) is 0 Å². The van der Waals surface area contributed by atoms with E-state index in [-0.39, 0.29) is 0 Å². The second-order valence-electron chi connectivity index (χ2n) is 11.9. The first kappa shape index (κ1) is 24.9. The monoisotopic (exact) mass is 560 g/mol. The summed E-state index contributed by atoms with van der Waals surface area (Å²) in [6, 6.07) is 54.6. The molecule has 1 aliphatic carbocycles. The van der Waals surface area contributed by atoms with Crippen molar-refractivity contribution in [2.75, 3.05) is 0 Å². The van der Waals surface area contributed by atoms with Crippen molar-refractivity contribution in [1.82, 2.24) is 0 Å². The predicted molar refractivity (Wildman–Crippen MR) is 185 cm³/mol. The molecule has 0 heterocycles. The average Bonchev–Trinajstić information content (AvgIpc) is 3.45. The van der Waals surface area contributed by atoms with Crippen LogP contribution in [0.2, 0.25) is 0 Å². The van der Waals surface area contributed by atoms with E-state index in [1.807, 2.05) is 12.1 Å². The first-order valence-corrected chi connectivity index (χ1v) is 15.2. The second-order valence-corrected chi connectivity index (χ2v) is 11.9. The predicted octanol–water partition coefficient (Wildman–Crippen LogP) is 11.4. The third-order valence-electron chi connectivity index (χ3n) is 9.33. The van der Waals surface area contributed by atoms with E-state index in [0.29, 0.717) is 5.75 Å². The van der Waals surface area contributed by atoms with Crippen molar-refractivity contribution in [3.05, 3.63) is 163 Å². The van der Waals surface area contributed by atoms with Gasteiger partial charge < -0.3 is 5.11 Å². The van der Waals surface area contributed by atoms with Crippen LogP contribution in [0.4, 0.5) is 0 Å². The molecule has 44 heavy (non-hydrogen) atoms. The number of hydrogen-bond donors (Lipinski definition) is 1. The van der Waals surface area contributed by atoms with Gasteiger partial charge in [-0.1, -0.05) is 121 Å². The van der Waals surface area contributed by atoms with Crippen LogP contribution in [0.15, 0.2) is 152 Å². The number of fused-ring (bicyclic) bond motifs is 6. The van der Waals surface area contributed by atoms with E-state index in [9.17, 15) is 5.11 Å². The minimum atomic E-state index is 0.292. The summed E-state index contributed by atoms with van der Waals surface area (Å²) in [5, 5.41) is 17.3. The van der Waals surface area contributed by atoms with Crippen LogP contribution in [0.5, 0.6) is 5.75 Å². The van der Waals surface area contributed by atoms with E-state index >= 15 is 0 Å². The van der Waals surface area contributed by atoms with Gasteiger partial charge in [-0.25, -0.2) is 0 Å². The highest BCUT2D eigenvalue weighted by Crippen LogP contribution is 2.47. The number of benzene rings is 8. The molecular weight excluding hydrogens is 532 g/mol. The van der Waals surface area contributed by atoms with Crippen molar-refractivity contribution in [1.29, 1.82) is 0 Å². The maximum absolute atomic E-state index is 10.1. The molecule has 206 valence electrons. The Hall–Kier alpha value is -5.66. The molecule has 0 saturated heterocycles. The molecule has 1 N–H and O–H groups in total. The molecule has 0 amide bonds. The van der Waals surface area contributed by atoms with Crippen molar-refractivity contribution in [3.8, 4) is 50.3 Å². The molecule has 9 rings (SSSR count). The highest BCUT2D eigenvalue weighted by molar-refractivity contribution is 5.99. The van der Waals surface area contributed by atoms with Crippen LogP contribution in [0.25, 0.3) is 76.8 Å². The lowest BCUT2D eigenvalue weighted by Gasteiger charge is -2.17. The summed E-state index contributed by atoms with van der Waals surface area (Å²) in [4.78, 5) is 0. The van der Waals surface area contributed by atoms with Gasteiger partial charge in [-0.05, 0) is 125 Å². The summed E-state index contributed by atoms with van der Waals surface area (Å²) < 4.78 is 0. The highest BCUT2D eigenvalue weighted by Gasteiger charge is 2.25. The van der Waals surface area contributed by atoms with Gasteiger partial charge in [-0.3, -0.25) is 0 Å². The maximum Gasteiger partial charge on any atom is 0.116 e. The molecule has 1 nitrogen and oxygen atoms in total. The molecule has 0 saturated carbocycles. The van der Waals surface area contributed by atoms with Crippen LogP contribution in [0.1, 0.15) is 11.1 Å². The molecule has 0 aliphatic heterocycles. The van der Waals surface area contributed by atoms with Gasteiger partial charge in [0.05, 0.1) is 0 Å². The summed E-state index contributed by atoms with van der Waals surface area (Å²) in [6.07, 6.45) is 0.885. The summed E-state index contributed by atoms with van der Waals surface area (Å²) in [6.45, 7) is 0. The van der Waals surface area contributed by atoms with Gasteiger partial charge in [0.15, 0.2) is 0 Å². The fraction of sp³-hybridized carbons (Fsp3) is 0.0233. The summed E-state index contributed by atoms with van der Waals surface area (Å²) in [7, 11) is 0. The van der Waals surface area contributed by atoms with E-state index in [1.165, 1.54) is 77.2 Å². The fourth-order valence-electron chi connectivity index (χ4n) is 7.14. The minimum Gasteiger partial charge on any atom is -0.508 e. The Morgan fingerprint density at radius 2 is 0.864 bits per heavy atom. The molecule has 0 spiro atoms. The van der Waals surface area contributed by atoms with Crippen molar-refractivity contribution in [2.24, 2.45) is 0 Å². The maximum atomic E-state index is 10.1. The zero-order chi connectivity index (χ0) is 29.2. The molecule has 8 aromatic carbocycles. The first-order chi connectivity index (χ1) is 21.7. The number of rotatable bonds is 3. The summed E-state index contributed by atoms with van der Waals surface area (Å²) >= 11 is 0. The third kappa shape index (κ3) is 4.01. The zero-order valence-electron chi connectivity index (χ0n) is 24.1. The van der Waals surface area contributed by atoms with Crippen LogP contribution in [-0.4, -0.2) is 5.11 Å². The molecule has 0 aromatic heterocycles. The Morgan fingerprint density at radius 3 is 1.66 bits per heavy atom. The standard InChI is InChI=1S/C43H28O/c44-38-17-15-32-23-36(14-12-34(32)25-38)43-40(35-13-10-28-6-2-4-8-30(28)22-35)19-20-41-39-18-16-33(24-37(39)26-42(41)43)31-11-9-27-5-1-3-7-29(27)21-31/h1-25,44H,26H2.